The molecule has 0 unspecified atom stereocenters. The fourth-order valence-electron chi connectivity index (χ4n) is 3.82. The Labute approximate surface area is 237 Å². The zero-order valence-electron chi connectivity index (χ0n) is 20.2. The lowest BCUT2D eigenvalue weighted by Crippen LogP contribution is -2.31. The van der Waals surface area contributed by atoms with Crippen molar-refractivity contribution in [1.29, 1.82) is 0 Å². The summed E-state index contributed by atoms with van der Waals surface area (Å²) in [6, 6.07) is 18.7. The van der Waals surface area contributed by atoms with E-state index >= 15 is 0 Å². The van der Waals surface area contributed by atoms with Crippen LogP contribution in [0.1, 0.15) is 21.7 Å². The molecule has 5 rings (SSSR count). The first-order chi connectivity index (χ1) is 18.4. The van der Waals surface area contributed by atoms with E-state index in [0.717, 1.165) is 10.4 Å². The lowest BCUT2D eigenvalue weighted by Gasteiger charge is -2.14. The van der Waals surface area contributed by atoms with E-state index < -0.39 is 0 Å². The van der Waals surface area contributed by atoms with E-state index in [-0.39, 0.29) is 36.4 Å². The van der Waals surface area contributed by atoms with Gasteiger partial charge in [0.15, 0.2) is 5.16 Å². The van der Waals surface area contributed by atoms with E-state index in [9.17, 15) is 14.4 Å². The summed E-state index contributed by atoms with van der Waals surface area (Å²) < 4.78 is 1.96. The van der Waals surface area contributed by atoms with Gasteiger partial charge in [-0.3, -0.25) is 23.9 Å². The van der Waals surface area contributed by atoms with Crippen molar-refractivity contribution in [1.82, 2.24) is 14.5 Å². The van der Waals surface area contributed by atoms with E-state index in [0.29, 0.717) is 31.1 Å². The molecule has 0 aliphatic carbocycles. The number of nitrogens with zero attached hydrogens (tertiary/aromatic N) is 3. The predicted molar refractivity (Wildman–Crippen MR) is 160 cm³/mol. The van der Waals surface area contributed by atoms with Gasteiger partial charge in [0.2, 0.25) is 11.8 Å². The van der Waals surface area contributed by atoms with Crippen molar-refractivity contribution in [2.24, 2.45) is 0 Å². The average Bonchev–Trinajstić information content (AvgIpc) is 3.61. The second-order valence-corrected chi connectivity index (χ2v) is 12.0. The Balaban J connectivity index is 1.28. The maximum Gasteiger partial charge on any atom is 0.266 e. The number of hydrogen-bond donors (Lipinski definition) is 1. The van der Waals surface area contributed by atoms with Gasteiger partial charge in [-0.1, -0.05) is 71.6 Å². The van der Waals surface area contributed by atoms with Crippen molar-refractivity contribution in [2.75, 3.05) is 17.6 Å². The van der Waals surface area contributed by atoms with Crippen molar-refractivity contribution in [2.45, 2.75) is 18.5 Å². The maximum absolute atomic E-state index is 13.4. The third-order valence-electron chi connectivity index (χ3n) is 5.69. The third-order valence-corrected chi connectivity index (χ3v) is 8.82. The zero-order valence-corrected chi connectivity index (χ0v) is 23.5. The Hall–Kier alpha value is -3.25. The highest BCUT2D eigenvalue weighted by molar-refractivity contribution is 8.26. The van der Waals surface area contributed by atoms with Gasteiger partial charge in [-0.2, -0.15) is 0 Å². The van der Waals surface area contributed by atoms with Gasteiger partial charge in [0, 0.05) is 23.5 Å². The largest absolute Gasteiger partial charge is 0.325 e. The molecule has 1 aliphatic rings. The number of thioether (sulfide) groups is 2. The van der Waals surface area contributed by atoms with Gasteiger partial charge in [0.25, 0.3) is 5.91 Å². The number of anilines is 1. The number of thiocarbonyl (C=S) groups is 1. The first-order valence-electron chi connectivity index (χ1n) is 11.7. The second-order valence-electron chi connectivity index (χ2n) is 8.41. The van der Waals surface area contributed by atoms with E-state index in [4.69, 9.17) is 12.2 Å². The summed E-state index contributed by atoms with van der Waals surface area (Å²) in [6.07, 6.45) is 1.88. The molecular formula is C27H22N4O3S4. The van der Waals surface area contributed by atoms with Crippen LogP contribution in [0.15, 0.2) is 76.1 Å². The average molecular weight is 579 g/mol. The van der Waals surface area contributed by atoms with Crippen LogP contribution in [0.3, 0.4) is 0 Å². The van der Waals surface area contributed by atoms with Crippen molar-refractivity contribution in [3.63, 3.8) is 0 Å². The van der Waals surface area contributed by atoms with Crippen LogP contribution in [0.25, 0.3) is 17.1 Å². The standard InChI is InChI=1S/C27H22N4O3S4/c1-17-8-10-18(11-9-17)28-23(32)16-37-26-29-20-6-2-3-7-21(20)31(26)24(33)12-13-30-25(34)22(38-27(30)35)15-19-5-4-14-36-19/h2-11,14-15H,12-13,16H2,1H3,(H,28,32). The van der Waals surface area contributed by atoms with Crippen LogP contribution >= 0.6 is 47.1 Å². The number of carbonyl (C=O) groups is 3. The number of rotatable bonds is 8. The molecule has 1 N–H and O–H groups in total. The molecule has 2 aromatic carbocycles. The molecular weight excluding hydrogens is 557 g/mol. The monoisotopic (exact) mass is 578 g/mol. The molecule has 11 heteroatoms. The Morgan fingerprint density at radius 1 is 1.11 bits per heavy atom. The van der Waals surface area contributed by atoms with Gasteiger partial charge < -0.3 is 5.32 Å². The van der Waals surface area contributed by atoms with Gasteiger partial charge >= 0.3 is 0 Å². The number of aryl methyl sites for hydroxylation is 1. The molecule has 7 nitrogen and oxygen atoms in total. The smallest absolute Gasteiger partial charge is 0.266 e. The van der Waals surface area contributed by atoms with Gasteiger partial charge in [0.05, 0.1) is 21.7 Å². The predicted octanol–water partition coefficient (Wildman–Crippen LogP) is 6.07. The molecule has 4 aromatic rings. The Kier molecular flexibility index (Phi) is 8.08. The summed E-state index contributed by atoms with van der Waals surface area (Å²) in [4.78, 5) is 46.5. The highest BCUT2D eigenvalue weighted by atomic mass is 32.2. The molecule has 192 valence electrons. The van der Waals surface area contributed by atoms with Crippen LogP contribution in [0.2, 0.25) is 0 Å². The minimum Gasteiger partial charge on any atom is -0.325 e. The summed E-state index contributed by atoms with van der Waals surface area (Å²) in [7, 11) is 0. The van der Waals surface area contributed by atoms with Crippen molar-refractivity contribution in [3.05, 3.63) is 81.4 Å². The van der Waals surface area contributed by atoms with Crippen LogP contribution in [-0.4, -0.2) is 48.8 Å². The van der Waals surface area contributed by atoms with Crippen LogP contribution < -0.4 is 5.32 Å². The number of para-hydroxylation sites is 2. The lowest BCUT2D eigenvalue weighted by atomic mass is 10.2. The highest BCUT2D eigenvalue weighted by Crippen LogP contribution is 2.33. The fourth-order valence-corrected chi connectivity index (χ4v) is 6.68. The summed E-state index contributed by atoms with van der Waals surface area (Å²) >= 11 is 9.41. The van der Waals surface area contributed by atoms with Crippen LogP contribution in [0.5, 0.6) is 0 Å². The molecule has 1 fully saturated rings. The second kappa shape index (κ2) is 11.6. The summed E-state index contributed by atoms with van der Waals surface area (Å²) in [6.45, 7) is 2.14. The number of carbonyl (C=O) groups excluding carboxylic acids is 3. The van der Waals surface area contributed by atoms with Crippen LogP contribution in [-0.2, 0) is 9.59 Å². The number of benzene rings is 2. The van der Waals surface area contributed by atoms with Crippen LogP contribution in [0, 0.1) is 6.92 Å². The summed E-state index contributed by atoms with van der Waals surface area (Å²) in [5.41, 5.74) is 3.13. The number of aromatic nitrogens is 2. The number of imidazole rings is 1. The molecule has 0 saturated carbocycles. The van der Waals surface area contributed by atoms with Crippen molar-refractivity contribution < 1.29 is 14.4 Å². The molecule has 2 aromatic heterocycles. The van der Waals surface area contributed by atoms with Gasteiger partial charge in [-0.15, -0.1) is 11.3 Å². The lowest BCUT2D eigenvalue weighted by molar-refractivity contribution is -0.122. The number of hydrogen-bond acceptors (Lipinski definition) is 8. The molecule has 1 aliphatic heterocycles. The molecule has 2 amide bonds. The first-order valence-corrected chi connectivity index (χ1v) is 14.8. The minimum absolute atomic E-state index is 0.0577. The van der Waals surface area contributed by atoms with Crippen LogP contribution in [0.4, 0.5) is 5.69 Å². The van der Waals surface area contributed by atoms with Gasteiger partial charge in [0.1, 0.15) is 4.32 Å². The van der Waals surface area contributed by atoms with Crippen molar-refractivity contribution >= 4 is 91.9 Å². The van der Waals surface area contributed by atoms with E-state index in [1.807, 2.05) is 79.0 Å². The highest BCUT2D eigenvalue weighted by Gasteiger charge is 2.32. The Morgan fingerprint density at radius 2 is 1.89 bits per heavy atom. The zero-order chi connectivity index (χ0) is 26.6. The van der Waals surface area contributed by atoms with Gasteiger partial charge in [-0.25, -0.2) is 4.98 Å². The minimum atomic E-state index is -0.226. The van der Waals surface area contributed by atoms with Crippen molar-refractivity contribution in [3.8, 4) is 0 Å². The quantitative estimate of drug-likeness (QED) is 0.154. The molecule has 1 saturated heterocycles. The molecule has 0 radical (unpaired) electrons. The van der Waals surface area contributed by atoms with E-state index in [1.165, 1.54) is 33.0 Å². The molecule has 0 atom stereocenters. The maximum atomic E-state index is 13.4. The summed E-state index contributed by atoms with van der Waals surface area (Å²) in [5, 5.41) is 5.24. The molecule has 0 spiro atoms. The number of nitrogens with one attached hydrogen (secondary N) is 1. The topological polar surface area (TPSA) is 84.3 Å². The SMILES string of the molecule is Cc1ccc(NC(=O)CSc2nc3ccccc3n2C(=O)CCN2C(=O)C(=Cc3cccs3)SC2=S)cc1. The molecule has 0 bridgehead atoms. The summed E-state index contributed by atoms with van der Waals surface area (Å²) in [5.74, 6) is -0.525. The normalized spacial score (nSPS) is 14.6. The third kappa shape index (κ3) is 5.91. The Morgan fingerprint density at radius 3 is 2.66 bits per heavy atom. The van der Waals surface area contributed by atoms with Gasteiger partial charge in [-0.05, 0) is 48.7 Å². The Bertz CT molecular complexity index is 1560. The van der Waals surface area contributed by atoms with E-state index in [2.05, 4.69) is 10.3 Å². The first kappa shape index (κ1) is 26.4. The fraction of sp³-hybridized carbons (Fsp3) is 0.148. The van der Waals surface area contributed by atoms with E-state index in [1.54, 1.807) is 11.3 Å². The number of thiophene rings is 1. The molecule has 3 heterocycles. The molecule has 38 heavy (non-hydrogen) atoms. The number of fused-ring (bicyclic) bond motifs is 1. The number of amides is 2.